The van der Waals surface area contributed by atoms with Crippen molar-refractivity contribution in [1.29, 1.82) is 0 Å². The smallest absolute Gasteiger partial charge is 0.285 e. The van der Waals surface area contributed by atoms with Gasteiger partial charge in [-0.25, -0.2) is 31.1 Å². The molecule has 0 saturated carbocycles. The third kappa shape index (κ3) is 4.55. The molecule has 1 atom stereocenters. The van der Waals surface area contributed by atoms with Crippen LogP contribution in [0.4, 0.5) is 27.9 Å². The fraction of sp³-hybridized carbons (Fsp3) is 0.409. The molecule has 2 N–H and O–H groups in total. The monoisotopic (exact) mass is 540 g/mol. The lowest BCUT2D eigenvalue weighted by Gasteiger charge is -2.38. The van der Waals surface area contributed by atoms with Crippen molar-refractivity contribution in [2.45, 2.75) is 31.4 Å². The van der Waals surface area contributed by atoms with Gasteiger partial charge >= 0.3 is 0 Å². The number of carbonyl (C=O) groups is 1. The summed E-state index contributed by atoms with van der Waals surface area (Å²) in [4.78, 5) is 16.6. The Balaban J connectivity index is 1.50. The molecular weight excluding hydrogens is 519 g/mol. The van der Waals surface area contributed by atoms with Crippen molar-refractivity contribution in [3.8, 4) is 17.0 Å². The second kappa shape index (κ2) is 9.66. The van der Waals surface area contributed by atoms with Crippen molar-refractivity contribution in [1.82, 2.24) is 34.5 Å². The van der Waals surface area contributed by atoms with E-state index in [1.54, 1.807) is 0 Å². The first-order valence-corrected chi connectivity index (χ1v) is 11.4. The number of anilines is 1. The minimum absolute atomic E-state index is 0.00116. The van der Waals surface area contributed by atoms with Crippen molar-refractivity contribution < 1.29 is 36.6 Å². The van der Waals surface area contributed by atoms with Crippen LogP contribution in [0.2, 0.25) is 0 Å². The molecule has 0 bridgehead atoms. The second-order valence-corrected chi connectivity index (χ2v) is 8.68. The van der Waals surface area contributed by atoms with Gasteiger partial charge in [-0.15, -0.1) is 10.2 Å². The summed E-state index contributed by atoms with van der Waals surface area (Å²) < 4.78 is 78.0. The lowest BCUT2D eigenvalue weighted by Crippen LogP contribution is -2.56. The fourth-order valence-electron chi connectivity index (χ4n) is 4.47. The highest BCUT2D eigenvalue weighted by Gasteiger charge is 2.46. The predicted octanol–water partition coefficient (Wildman–Crippen LogP) is 2.19. The van der Waals surface area contributed by atoms with E-state index in [4.69, 9.17) is 9.84 Å². The molecule has 1 aliphatic rings. The van der Waals surface area contributed by atoms with Crippen molar-refractivity contribution in [3.63, 3.8) is 0 Å². The molecule has 1 amide bonds. The molecule has 4 aromatic rings. The number of aliphatic hydroxyl groups is 1. The van der Waals surface area contributed by atoms with Crippen LogP contribution < -0.4 is 10.1 Å². The molecule has 0 aliphatic carbocycles. The van der Waals surface area contributed by atoms with E-state index in [1.165, 1.54) is 25.3 Å². The molecule has 1 fully saturated rings. The largest absolute Gasteiger partial charge is 0.479 e. The summed E-state index contributed by atoms with van der Waals surface area (Å²) in [5, 5.41) is 23.2. The van der Waals surface area contributed by atoms with Crippen LogP contribution in [0.3, 0.4) is 0 Å². The number of methoxy groups -OCH3 is 1. The van der Waals surface area contributed by atoms with Gasteiger partial charge in [0.1, 0.15) is 24.2 Å². The minimum atomic E-state index is -3.37. The molecule has 0 radical (unpaired) electrons. The van der Waals surface area contributed by atoms with E-state index in [2.05, 4.69) is 25.7 Å². The Morgan fingerprint density at radius 1 is 1.34 bits per heavy atom. The van der Waals surface area contributed by atoms with Crippen LogP contribution in [0.25, 0.3) is 27.7 Å². The van der Waals surface area contributed by atoms with Gasteiger partial charge in [-0.1, -0.05) is 11.3 Å². The number of likely N-dealkylation sites (tertiary alicyclic amines) is 1. The van der Waals surface area contributed by atoms with Crippen LogP contribution in [0.1, 0.15) is 6.42 Å². The molecule has 11 nitrogen and oxygen atoms in total. The standard InChI is InChI=1S/C22H21F5N8O3/c1-38-20-19-18(11-2-3-13-14(6-11)34(32-30-13)8-16(24)25)12(23)7-35(19)31-21(29-20)28-15-4-5-33(17(37)9-36)10-22(15,26)27/h2-3,6-7,15-16,36H,4-5,8-10H2,1H3,(H,28,31)/t15-/m1/s1. The maximum absolute atomic E-state index is 15.2. The number of rotatable bonds is 7. The molecule has 16 heteroatoms. The highest BCUT2D eigenvalue weighted by molar-refractivity contribution is 5.89. The molecule has 202 valence electrons. The molecule has 1 aliphatic heterocycles. The van der Waals surface area contributed by atoms with Gasteiger partial charge in [0.05, 0.1) is 37.0 Å². The zero-order valence-electron chi connectivity index (χ0n) is 19.8. The summed E-state index contributed by atoms with van der Waals surface area (Å²) in [5.41, 5.74) is 0.957. The SMILES string of the molecule is COc1nc(N[C@@H]2CCN(C(=O)CO)CC2(F)F)nn2cc(F)c(-c3ccc4nnn(CC(F)F)c4c3)c12. The van der Waals surface area contributed by atoms with Crippen molar-refractivity contribution in [3.05, 3.63) is 30.2 Å². The number of nitrogens with one attached hydrogen (secondary N) is 1. The molecule has 1 saturated heterocycles. The lowest BCUT2D eigenvalue weighted by atomic mass is 10.0. The maximum atomic E-state index is 15.2. The van der Waals surface area contributed by atoms with Crippen LogP contribution in [0.5, 0.6) is 5.88 Å². The second-order valence-electron chi connectivity index (χ2n) is 8.68. The Morgan fingerprint density at radius 3 is 2.82 bits per heavy atom. The number of benzene rings is 1. The summed E-state index contributed by atoms with van der Waals surface area (Å²) in [6.07, 6.45) is -1.82. The number of hydrogen-bond acceptors (Lipinski definition) is 8. The first kappa shape index (κ1) is 25.6. The zero-order valence-corrected chi connectivity index (χ0v) is 19.8. The molecule has 5 rings (SSSR count). The van der Waals surface area contributed by atoms with Crippen LogP contribution in [0.15, 0.2) is 24.4 Å². The quantitative estimate of drug-likeness (QED) is 0.342. The molecule has 3 aromatic heterocycles. The average Bonchev–Trinajstić information content (AvgIpc) is 3.42. The van der Waals surface area contributed by atoms with Gasteiger partial charge in [-0.05, 0) is 24.1 Å². The van der Waals surface area contributed by atoms with E-state index >= 15 is 4.39 Å². The number of fused-ring (bicyclic) bond motifs is 2. The van der Waals surface area contributed by atoms with Gasteiger partial charge < -0.3 is 20.1 Å². The third-order valence-electron chi connectivity index (χ3n) is 6.25. The number of aliphatic hydroxyl groups excluding tert-OH is 1. The first-order valence-electron chi connectivity index (χ1n) is 11.4. The number of hydrogen-bond donors (Lipinski definition) is 2. The van der Waals surface area contributed by atoms with E-state index in [-0.39, 0.29) is 47.0 Å². The Kier molecular flexibility index (Phi) is 6.50. The maximum Gasteiger partial charge on any atom is 0.285 e. The van der Waals surface area contributed by atoms with Crippen molar-refractivity contribution in [2.75, 3.05) is 32.1 Å². The van der Waals surface area contributed by atoms with Gasteiger partial charge in [-0.3, -0.25) is 4.79 Å². The fourth-order valence-corrected chi connectivity index (χ4v) is 4.47. The number of amides is 1. The number of carbonyl (C=O) groups excluding carboxylic acids is 1. The van der Waals surface area contributed by atoms with E-state index in [0.29, 0.717) is 5.52 Å². The number of aromatic nitrogens is 6. The number of alkyl halides is 4. The van der Waals surface area contributed by atoms with Gasteiger partial charge in [0.25, 0.3) is 12.3 Å². The van der Waals surface area contributed by atoms with Gasteiger partial charge in [-0.2, -0.15) is 4.98 Å². The Morgan fingerprint density at radius 2 is 2.13 bits per heavy atom. The summed E-state index contributed by atoms with van der Waals surface area (Å²) in [6.45, 7) is -2.48. The van der Waals surface area contributed by atoms with E-state index in [9.17, 15) is 22.4 Å². The highest BCUT2D eigenvalue weighted by atomic mass is 19.3. The van der Waals surface area contributed by atoms with Gasteiger partial charge in [0, 0.05) is 6.54 Å². The number of ether oxygens (including phenoxy) is 1. The van der Waals surface area contributed by atoms with E-state index in [1.807, 2.05) is 0 Å². The zero-order chi connectivity index (χ0) is 27.2. The van der Waals surface area contributed by atoms with Gasteiger partial charge in [0.2, 0.25) is 17.7 Å². The molecular formula is C22H21F5N8O3. The Hall–Kier alpha value is -4.08. The topological polar surface area (TPSA) is 123 Å². The Bertz CT molecular complexity index is 1510. The van der Waals surface area contributed by atoms with Crippen molar-refractivity contribution in [2.24, 2.45) is 0 Å². The average molecular weight is 540 g/mol. The van der Waals surface area contributed by atoms with Crippen LogP contribution >= 0.6 is 0 Å². The molecule has 0 unspecified atom stereocenters. The summed E-state index contributed by atoms with van der Waals surface area (Å²) >= 11 is 0. The van der Waals surface area contributed by atoms with Crippen LogP contribution in [0, 0.1) is 5.82 Å². The minimum Gasteiger partial charge on any atom is -0.479 e. The van der Waals surface area contributed by atoms with Crippen molar-refractivity contribution >= 4 is 28.4 Å². The highest BCUT2D eigenvalue weighted by Crippen LogP contribution is 2.36. The number of piperidine rings is 1. The summed E-state index contributed by atoms with van der Waals surface area (Å²) in [6, 6.07) is 3.03. The Labute approximate surface area is 210 Å². The van der Waals surface area contributed by atoms with E-state index in [0.717, 1.165) is 20.3 Å². The summed E-state index contributed by atoms with van der Waals surface area (Å²) in [5.74, 6) is -5.31. The summed E-state index contributed by atoms with van der Waals surface area (Å²) in [7, 11) is 1.26. The van der Waals surface area contributed by atoms with Gasteiger partial charge in [0.15, 0.2) is 5.82 Å². The number of nitrogens with zero attached hydrogens (tertiary/aromatic N) is 7. The third-order valence-corrected chi connectivity index (χ3v) is 6.25. The normalized spacial score (nSPS) is 17.5. The molecule has 1 aromatic carbocycles. The molecule has 4 heterocycles. The van der Waals surface area contributed by atoms with Crippen LogP contribution in [-0.4, -0.2) is 90.7 Å². The molecule has 0 spiro atoms. The predicted molar refractivity (Wildman–Crippen MR) is 123 cm³/mol. The van der Waals surface area contributed by atoms with E-state index < -0.39 is 49.8 Å². The number of halogens is 5. The molecule has 38 heavy (non-hydrogen) atoms. The van der Waals surface area contributed by atoms with Crippen LogP contribution in [-0.2, 0) is 11.3 Å². The lowest BCUT2D eigenvalue weighted by molar-refractivity contribution is -0.145. The first-order chi connectivity index (χ1) is 18.1.